The van der Waals surface area contributed by atoms with E-state index in [4.69, 9.17) is 23.2 Å². The molecule has 0 spiro atoms. The first-order valence-electron chi connectivity index (χ1n) is 6.69. The molecule has 1 atom stereocenters. The van der Waals surface area contributed by atoms with Crippen LogP contribution in [-0.2, 0) is 13.5 Å². The number of nitrogens with one attached hydrogen (secondary N) is 1. The second-order valence-corrected chi connectivity index (χ2v) is 5.65. The van der Waals surface area contributed by atoms with Crippen molar-refractivity contribution in [3.63, 3.8) is 0 Å². The van der Waals surface area contributed by atoms with Gasteiger partial charge < -0.3 is 5.32 Å². The van der Waals surface area contributed by atoms with Crippen molar-refractivity contribution < 1.29 is 0 Å². The first-order chi connectivity index (χ1) is 9.52. The molecular formula is C15H19Cl2N3. The van der Waals surface area contributed by atoms with Crippen LogP contribution in [-0.4, -0.2) is 16.3 Å². The second-order valence-electron chi connectivity index (χ2n) is 4.84. The average molecular weight is 312 g/mol. The van der Waals surface area contributed by atoms with Gasteiger partial charge in [0, 0.05) is 24.5 Å². The van der Waals surface area contributed by atoms with Gasteiger partial charge in [-0.15, -0.1) is 0 Å². The van der Waals surface area contributed by atoms with Crippen molar-refractivity contribution in [2.75, 3.05) is 6.54 Å². The van der Waals surface area contributed by atoms with Gasteiger partial charge in [0.2, 0.25) is 0 Å². The van der Waals surface area contributed by atoms with E-state index in [1.165, 1.54) is 5.56 Å². The largest absolute Gasteiger partial charge is 0.310 e. The molecule has 108 valence electrons. The van der Waals surface area contributed by atoms with Gasteiger partial charge in [-0.2, -0.15) is 5.10 Å². The van der Waals surface area contributed by atoms with Gasteiger partial charge in [-0.3, -0.25) is 4.68 Å². The molecule has 0 saturated heterocycles. The number of nitrogens with zero attached hydrogens (tertiary/aromatic N) is 2. The van der Waals surface area contributed by atoms with Crippen molar-refractivity contribution in [3.8, 4) is 0 Å². The molecule has 20 heavy (non-hydrogen) atoms. The monoisotopic (exact) mass is 311 g/mol. The van der Waals surface area contributed by atoms with Crippen LogP contribution in [0.3, 0.4) is 0 Å². The van der Waals surface area contributed by atoms with E-state index in [0.29, 0.717) is 0 Å². The summed E-state index contributed by atoms with van der Waals surface area (Å²) in [4.78, 5) is 0. The third kappa shape index (κ3) is 3.35. The van der Waals surface area contributed by atoms with Gasteiger partial charge in [0.15, 0.2) is 0 Å². The molecule has 2 rings (SSSR count). The fraction of sp³-hybridized carbons (Fsp3) is 0.400. The van der Waals surface area contributed by atoms with Crippen molar-refractivity contribution in [2.45, 2.75) is 26.3 Å². The smallest absolute Gasteiger partial charge is 0.0847 e. The Morgan fingerprint density at radius 2 is 1.90 bits per heavy atom. The molecule has 0 saturated carbocycles. The van der Waals surface area contributed by atoms with E-state index < -0.39 is 0 Å². The van der Waals surface area contributed by atoms with E-state index in [-0.39, 0.29) is 6.04 Å². The van der Waals surface area contributed by atoms with Gasteiger partial charge in [-0.05, 0) is 31.2 Å². The van der Waals surface area contributed by atoms with E-state index in [2.05, 4.69) is 17.3 Å². The van der Waals surface area contributed by atoms with Gasteiger partial charge in [-0.25, -0.2) is 0 Å². The summed E-state index contributed by atoms with van der Waals surface area (Å²) >= 11 is 12.3. The fourth-order valence-electron chi connectivity index (χ4n) is 2.34. The Bertz CT molecular complexity index is 576. The zero-order valence-corrected chi connectivity index (χ0v) is 13.5. The zero-order chi connectivity index (χ0) is 14.7. The summed E-state index contributed by atoms with van der Waals surface area (Å²) in [7, 11) is 1.93. The first kappa shape index (κ1) is 15.4. The minimum absolute atomic E-state index is 0.199. The van der Waals surface area contributed by atoms with Crippen LogP contribution in [0.2, 0.25) is 10.0 Å². The number of hydrogen-bond acceptors (Lipinski definition) is 2. The molecule has 0 aliphatic carbocycles. The van der Waals surface area contributed by atoms with Crippen LogP contribution in [0.5, 0.6) is 0 Å². The number of rotatable bonds is 5. The van der Waals surface area contributed by atoms with Gasteiger partial charge in [0.1, 0.15) is 0 Å². The maximum absolute atomic E-state index is 6.34. The highest BCUT2D eigenvalue weighted by atomic mass is 35.5. The lowest BCUT2D eigenvalue weighted by atomic mass is 10.0. The molecule has 0 aliphatic heterocycles. The molecular weight excluding hydrogens is 293 g/mol. The van der Waals surface area contributed by atoms with Crippen molar-refractivity contribution in [3.05, 3.63) is 51.3 Å². The molecule has 1 N–H and O–H groups in total. The molecule has 0 bridgehead atoms. The van der Waals surface area contributed by atoms with Crippen LogP contribution in [0.4, 0.5) is 0 Å². The van der Waals surface area contributed by atoms with Gasteiger partial charge >= 0.3 is 0 Å². The molecule has 0 radical (unpaired) electrons. The summed E-state index contributed by atoms with van der Waals surface area (Å²) in [5.41, 5.74) is 3.12. The van der Waals surface area contributed by atoms with E-state index in [1.807, 2.05) is 42.9 Å². The first-order valence-corrected chi connectivity index (χ1v) is 7.45. The van der Waals surface area contributed by atoms with Crippen molar-refractivity contribution in [2.24, 2.45) is 7.05 Å². The molecule has 1 aromatic heterocycles. The summed E-state index contributed by atoms with van der Waals surface area (Å²) < 4.78 is 1.86. The van der Waals surface area contributed by atoms with Crippen LogP contribution >= 0.6 is 23.2 Å². The Morgan fingerprint density at radius 3 is 2.40 bits per heavy atom. The van der Waals surface area contributed by atoms with E-state index in [0.717, 1.165) is 34.4 Å². The molecule has 1 unspecified atom stereocenters. The summed E-state index contributed by atoms with van der Waals surface area (Å²) in [6, 6.07) is 8.12. The van der Waals surface area contributed by atoms with Crippen molar-refractivity contribution in [1.82, 2.24) is 15.1 Å². The third-order valence-electron chi connectivity index (χ3n) is 3.38. The molecule has 2 aromatic rings. The summed E-state index contributed by atoms with van der Waals surface area (Å²) in [5.74, 6) is 0. The van der Waals surface area contributed by atoms with Crippen molar-refractivity contribution in [1.29, 1.82) is 0 Å². The quantitative estimate of drug-likeness (QED) is 0.906. The molecule has 1 heterocycles. The molecule has 1 aromatic carbocycles. The third-order valence-corrected chi connectivity index (χ3v) is 4.13. The van der Waals surface area contributed by atoms with Crippen LogP contribution in [0.15, 0.2) is 24.3 Å². The zero-order valence-electron chi connectivity index (χ0n) is 12.0. The second kappa shape index (κ2) is 6.61. The highest BCUT2D eigenvalue weighted by molar-refractivity contribution is 6.31. The number of benzene rings is 1. The normalized spacial score (nSPS) is 12.7. The topological polar surface area (TPSA) is 29.9 Å². The van der Waals surface area contributed by atoms with Gasteiger partial charge in [0.25, 0.3) is 0 Å². The molecule has 0 fully saturated rings. The Hall–Kier alpha value is -1.03. The van der Waals surface area contributed by atoms with Crippen LogP contribution in [0.1, 0.15) is 29.9 Å². The number of aromatic nitrogens is 2. The minimum Gasteiger partial charge on any atom is -0.310 e. The van der Waals surface area contributed by atoms with E-state index in [9.17, 15) is 0 Å². The van der Waals surface area contributed by atoms with Crippen molar-refractivity contribution >= 4 is 23.2 Å². The standard InChI is InChI=1S/C15H19Cl2N3/c1-4-18-13(11-5-7-12(16)8-6-11)9-14-15(17)10(2)19-20(14)3/h5-8,13,18H,4,9H2,1-3H3. The number of likely N-dealkylation sites (N-methyl/N-ethyl adjacent to an activating group) is 1. The molecule has 0 aliphatic rings. The maximum Gasteiger partial charge on any atom is 0.0847 e. The Morgan fingerprint density at radius 1 is 1.25 bits per heavy atom. The highest BCUT2D eigenvalue weighted by Gasteiger charge is 2.17. The number of halogens is 2. The summed E-state index contributed by atoms with van der Waals surface area (Å²) in [5, 5.41) is 9.36. The lowest BCUT2D eigenvalue weighted by molar-refractivity contribution is 0.529. The lowest BCUT2D eigenvalue weighted by Crippen LogP contribution is -2.24. The predicted molar refractivity (Wildman–Crippen MR) is 84.5 cm³/mol. The maximum atomic E-state index is 6.34. The molecule has 3 nitrogen and oxygen atoms in total. The van der Waals surface area contributed by atoms with Crippen LogP contribution in [0, 0.1) is 6.92 Å². The fourth-order valence-corrected chi connectivity index (χ4v) is 2.71. The van der Waals surface area contributed by atoms with Gasteiger partial charge in [-0.1, -0.05) is 42.3 Å². The molecule has 5 heteroatoms. The van der Waals surface area contributed by atoms with Crippen LogP contribution in [0.25, 0.3) is 0 Å². The van der Waals surface area contributed by atoms with Crippen LogP contribution < -0.4 is 5.32 Å². The number of aryl methyl sites for hydroxylation is 2. The highest BCUT2D eigenvalue weighted by Crippen LogP contribution is 2.26. The summed E-state index contributed by atoms with van der Waals surface area (Å²) in [6.45, 7) is 4.91. The predicted octanol–water partition coefficient (Wildman–Crippen LogP) is 3.93. The summed E-state index contributed by atoms with van der Waals surface area (Å²) in [6.07, 6.45) is 0.797. The molecule has 0 amide bonds. The average Bonchev–Trinajstić information content (AvgIpc) is 2.65. The lowest BCUT2D eigenvalue weighted by Gasteiger charge is -2.19. The van der Waals surface area contributed by atoms with E-state index >= 15 is 0 Å². The Kier molecular flexibility index (Phi) is 5.08. The Balaban J connectivity index is 2.27. The SMILES string of the molecule is CCNC(Cc1c(Cl)c(C)nn1C)c1ccc(Cl)cc1. The van der Waals surface area contributed by atoms with Gasteiger partial charge in [0.05, 0.1) is 16.4 Å². The minimum atomic E-state index is 0.199. The number of hydrogen-bond donors (Lipinski definition) is 1. The van der Waals surface area contributed by atoms with E-state index in [1.54, 1.807) is 0 Å². The Labute approximate surface area is 129 Å².